The van der Waals surface area contributed by atoms with Gasteiger partial charge in [-0.1, -0.05) is 0 Å². The Morgan fingerprint density at radius 3 is 2.74 bits per heavy atom. The molecule has 0 saturated heterocycles. The van der Waals surface area contributed by atoms with Gasteiger partial charge in [0.1, 0.15) is 15.5 Å². The molecule has 0 aliphatic heterocycles. The van der Waals surface area contributed by atoms with Gasteiger partial charge in [0.25, 0.3) is 0 Å². The minimum atomic E-state index is -0.581. The summed E-state index contributed by atoms with van der Waals surface area (Å²) in [6, 6.07) is 1.28. The molecular formula is C13H11N5O4S. The van der Waals surface area contributed by atoms with Gasteiger partial charge in [-0.2, -0.15) is 0 Å². The predicted molar refractivity (Wildman–Crippen MR) is 82.0 cm³/mol. The van der Waals surface area contributed by atoms with Gasteiger partial charge in [0.05, 0.1) is 29.9 Å². The summed E-state index contributed by atoms with van der Waals surface area (Å²) in [5.41, 5.74) is 0.657. The van der Waals surface area contributed by atoms with Gasteiger partial charge in [0, 0.05) is 0 Å². The number of nitro groups is 1. The smallest absolute Gasteiger partial charge is 0.390 e. The highest BCUT2D eigenvalue weighted by molar-refractivity contribution is 7.20. The van der Waals surface area contributed by atoms with Crippen LogP contribution in [0.4, 0.5) is 5.82 Å². The van der Waals surface area contributed by atoms with Gasteiger partial charge in [0.2, 0.25) is 0 Å². The lowest BCUT2D eigenvalue weighted by atomic mass is 10.2. The van der Waals surface area contributed by atoms with E-state index in [1.54, 1.807) is 13.8 Å². The largest absolute Gasteiger partial charge is 0.465 e. The number of ether oxygens (including phenoxy) is 1. The lowest BCUT2D eigenvalue weighted by Crippen LogP contribution is -2.04. The van der Waals surface area contributed by atoms with Crippen LogP contribution in [0.1, 0.15) is 21.1 Å². The molecule has 3 aromatic rings. The zero-order chi connectivity index (χ0) is 16.7. The van der Waals surface area contributed by atoms with E-state index in [0.29, 0.717) is 32.3 Å². The molecule has 23 heavy (non-hydrogen) atoms. The Bertz CT molecular complexity index is 945. The highest BCUT2D eigenvalue weighted by Crippen LogP contribution is 2.33. The van der Waals surface area contributed by atoms with Gasteiger partial charge in [-0.05, 0) is 24.3 Å². The molecule has 0 spiro atoms. The van der Waals surface area contributed by atoms with E-state index in [2.05, 4.69) is 15.1 Å². The third-order valence-electron chi connectivity index (χ3n) is 3.23. The number of nitrogens with zero attached hydrogens (tertiary/aromatic N) is 5. The molecular weight excluding hydrogens is 322 g/mol. The van der Waals surface area contributed by atoms with Crippen LogP contribution in [0.3, 0.4) is 0 Å². The zero-order valence-electron chi connectivity index (χ0n) is 12.4. The van der Waals surface area contributed by atoms with Crippen LogP contribution in [-0.2, 0) is 4.74 Å². The van der Waals surface area contributed by atoms with Crippen LogP contribution in [0.25, 0.3) is 16.0 Å². The van der Waals surface area contributed by atoms with E-state index in [9.17, 15) is 14.9 Å². The summed E-state index contributed by atoms with van der Waals surface area (Å²) in [5.74, 6) is 0.129. The maximum Gasteiger partial charge on any atom is 0.390 e. The molecule has 0 aliphatic carbocycles. The van der Waals surface area contributed by atoms with Crippen molar-refractivity contribution in [2.45, 2.75) is 13.8 Å². The monoisotopic (exact) mass is 333 g/mol. The molecule has 0 fully saturated rings. The molecule has 0 bridgehead atoms. The first-order valence-corrected chi connectivity index (χ1v) is 7.30. The van der Waals surface area contributed by atoms with E-state index >= 15 is 0 Å². The van der Waals surface area contributed by atoms with Crippen LogP contribution < -0.4 is 0 Å². The summed E-state index contributed by atoms with van der Waals surface area (Å²) < 4.78 is 6.09. The standard InChI is InChI=1S/C13H11N5O4S/c1-6-9-11(17-5-4-8(16-17)18(20)21)14-7(2)15-12(9)23-10(6)13(19)22-3/h4-5H,1-3H3. The minimum absolute atomic E-state index is 0.282. The molecule has 3 heterocycles. The number of fused-ring (bicyclic) bond motifs is 1. The highest BCUT2D eigenvalue weighted by Gasteiger charge is 2.23. The van der Waals surface area contributed by atoms with E-state index in [-0.39, 0.29) is 5.82 Å². The van der Waals surface area contributed by atoms with Crippen molar-refractivity contribution in [1.29, 1.82) is 0 Å². The molecule has 0 amide bonds. The van der Waals surface area contributed by atoms with Crippen LogP contribution in [0.15, 0.2) is 12.3 Å². The molecule has 0 aromatic carbocycles. The molecule has 9 nitrogen and oxygen atoms in total. The summed E-state index contributed by atoms with van der Waals surface area (Å²) in [6.45, 7) is 3.46. The average Bonchev–Trinajstić information content (AvgIpc) is 3.11. The molecule has 3 aromatic heterocycles. The molecule has 0 atom stereocenters. The van der Waals surface area contributed by atoms with Crippen LogP contribution in [0, 0.1) is 24.0 Å². The molecule has 0 unspecified atom stereocenters. The Morgan fingerprint density at radius 1 is 1.39 bits per heavy atom. The maximum atomic E-state index is 11.9. The second kappa shape index (κ2) is 5.39. The lowest BCUT2D eigenvalue weighted by Gasteiger charge is -2.02. The van der Waals surface area contributed by atoms with Crippen LogP contribution in [0.2, 0.25) is 0 Å². The third kappa shape index (κ3) is 2.42. The number of carbonyl (C=O) groups is 1. The van der Waals surface area contributed by atoms with Crippen molar-refractivity contribution in [1.82, 2.24) is 19.7 Å². The lowest BCUT2D eigenvalue weighted by molar-refractivity contribution is -0.389. The molecule has 0 radical (unpaired) electrons. The van der Waals surface area contributed by atoms with Gasteiger partial charge < -0.3 is 14.9 Å². The van der Waals surface area contributed by atoms with Gasteiger partial charge in [0.15, 0.2) is 5.82 Å². The van der Waals surface area contributed by atoms with Crippen molar-refractivity contribution in [2.75, 3.05) is 7.11 Å². The van der Waals surface area contributed by atoms with Crippen molar-refractivity contribution in [3.05, 3.63) is 38.6 Å². The summed E-state index contributed by atoms with van der Waals surface area (Å²) in [4.78, 5) is 31.8. The summed E-state index contributed by atoms with van der Waals surface area (Å²) in [5, 5.41) is 15.3. The fourth-order valence-electron chi connectivity index (χ4n) is 2.20. The zero-order valence-corrected chi connectivity index (χ0v) is 13.2. The Kier molecular flexibility index (Phi) is 3.52. The highest BCUT2D eigenvalue weighted by atomic mass is 32.1. The van der Waals surface area contributed by atoms with Gasteiger partial charge in [-0.3, -0.25) is 0 Å². The van der Waals surface area contributed by atoms with E-state index in [4.69, 9.17) is 4.74 Å². The van der Waals surface area contributed by atoms with E-state index in [0.717, 1.165) is 0 Å². The molecule has 118 valence electrons. The number of hydrogen-bond acceptors (Lipinski definition) is 8. The van der Waals surface area contributed by atoms with Gasteiger partial charge >= 0.3 is 11.8 Å². The topological polar surface area (TPSA) is 113 Å². The van der Waals surface area contributed by atoms with Crippen molar-refractivity contribution in [3.63, 3.8) is 0 Å². The normalized spacial score (nSPS) is 10.9. The fraction of sp³-hybridized carbons (Fsp3) is 0.231. The molecule has 0 N–H and O–H groups in total. The first kappa shape index (κ1) is 15.0. The third-order valence-corrected chi connectivity index (χ3v) is 4.40. The molecule has 0 saturated carbocycles. The second-order valence-electron chi connectivity index (χ2n) is 4.70. The fourth-order valence-corrected chi connectivity index (χ4v) is 3.34. The minimum Gasteiger partial charge on any atom is -0.465 e. The predicted octanol–water partition coefficient (Wildman–Crippen LogP) is 2.19. The number of esters is 1. The van der Waals surface area contributed by atoms with Crippen molar-refractivity contribution in [3.8, 4) is 5.82 Å². The Balaban J connectivity index is 2.29. The Morgan fingerprint density at radius 2 is 2.13 bits per heavy atom. The summed E-state index contributed by atoms with van der Waals surface area (Å²) in [6.07, 6.45) is 1.45. The summed E-state index contributed by atoms with van der Waals surface area (Å²) >= 11 is 1.19. The number of thiophene rings is 1. The van der Waals surface area contributed by atoms with Crippen molar-refractivity contribution < 1.29 is 14.5 Å². The Labute approximate surface area is 133 Å². The van der Waals surface area contributed by atoms with E-state index in [1.807, 2.05) is 0 Å². The molecule has 3 rings (SSSR count). The number of hydrogen-bond donors (Lipinski definition) is 0. The van der Waals surface area contributed by atoms with Crippen LogP contribution in [-0.4, -0.2) is 37.8 Å². The SMILES string of the molecule is COC(=O)c1sc2nc(C)nc(-n3ccc([N+](=O)[O-])n3)c2c1C. The number of aryl methyl sites for hydroxylation is 2. The molecule has 10 heteroatoms. The van der Waals surface area contributed by atoms with Crippen LogP contribution >= 0.6 is 11.3 Å². The molecule has 0 aliphatic rings. The van der Waals surface area contributed by atoms with E-state index in [1.165, 1.54) is 35.4 Å². The number of methoxy groups -OCH3 is 1. The summed E-state index contributed by atoms with van der Waals surface area (Å²) in [7, 11) is 1.31. The first-order valence-electron chi connectivity index (χ1n) is 6.49. The average molecular weight is 333 g/mol. The Hall–Kier alpha value is -2.88. The maximum absolute atomic E-state index is 11.9. The number of rotatable bonds is 3. The second-order valence-corrected chi connectivity index (χ2v) is 5.70. The van der Waals surface area contributed by atoms with Crippen molar-refractivity contribution >= 4 is 33.3 Å². The quantitative estimate of drug-likeness (QED) is 0.410. The first-order chi connectivity index (χ1) is 10.9. The number of aromatic nitrogens is 4. The van der Waals surface area contributed by atoms with Crippen LogP contribution in [0.5, 0.6) is 0 Å². The van der Waals surface area contributed by atoms with Crippen molar-refractivity contribution in [2.24, 2.45) is 0 Å². The van der Waals surface area contributed by atoms with E-state index < -0.39 is 10.9 Å². The van der Waals surface area contributed by atoms with Gasteiger partial charge in [-0.15, -0.1) is 16.0 Å². The van der Waals surface area contributed by atoms with Gasteiger partial charge in [-0.25, -0.2) is 14.8 Å². The number of carbonyl (C=O) groups excluding carboxylic acids is 1.